The van der Waals surface area contributed by atoms with Gasteiger partial charge in [-0.3, -0.25) is 14.9 Å². The molecule has 0 radical (unpaired) electrons. The van der Waals surface area contributed by atoms with Crippen molar-refractivity contribution in [3.8, 4) is 0 Å². The molecular weight excluding hydrogens is 567 g/mol. The molecule has 228 valence electrons. The van der Waals surface area contributed by atoms with Gasteiger partial charge in [-0.1, -0.05) is 57.2 Å². The maximum absolute atomic E-state index is 13.7. The van der Waals surface area contributed by atoms with E-state index in [2.05, 4.69) is 39.9 Å². The second-order valence-corrected chi connectivity index (χ2v) is 13.4. The fourth-order valence-corrected chi connectivity index (χ4v) is 7.16. The zero-order valence-corrected chi connectivity index (χ0v) is 26.6. The summed E-state index contributed by atoms with van der Waals surface area (Å²) in [7, 11) is 0. The Hall–Kier alpha value is -2.50. The molecule has 1 saturated heterocycles. The molecule has 3 aromatic rings. The lowest BCUT2D eigenvalue weighted by atomic mass is 10.0. The molecule has 2 unspecified atom stereocenters. The summed E-state index contributed by atoms with van der Waals surface area (Å²) in [4.78, 5) is 33.9. The van der Waals surface area contributed by atoms with Gasteiger partial charge in [0.2, 0.25) is 11.8 Å². The molecule has 4 N–H and O–H groups in total. The van der Waals surface area contributed by atoms with E-state index >= 15 is 0 Å². The molecule has 2 amide bonds. The molecule has 1 aromatic heterocycles. The number of nitrogens with one attached hydrogen (secondary N) is 3. The van der Waals surface area contributed by atoms with Crippen LogP contribution in [0.1, 0.15) is 43.3 Å². The summed E-state index contributed by atoms with van der Waals surface area (Å²) in [6.45, 7) is 9.06. The minimum atomic E-state index is -0.817. The quantitative estimate of drug-likeness (QED) is 0.195. The second kappa shape index (κ2) is 16.4. The number of hydrogen-bond acceptors (Lipinski definition) is 8. The van der Waals surface area contributed by atoms with E-state index in [1.807, 2.05) is 62.0 Å². The van der Waals surface area contributed by atoms with Gasteiger partial charge in [-0.25, -0.2) is 4.98 Å². The number of aryl methyl sites for hydroxylation is 1. The van der Waals surface area contributed by atoms with Crippen LogP contribution in [0.2, 0.25) is 0 Å². The Bertz CT molecular complexity index is 1280. The minimum Gasteiger partial charge on any atom is -0.379 e. The molecule has 0 saturated carbocycles. The fraction of sp³-hybridized carbons (Fsp3) is 0.531. The van der Waals surface area contributed by atoms with Crippen molar-refractivity contribution in [2.75, 3.05) is 37.7 Å². The highest BCUT2D eigenvalue weighted by Gasteiger charge is 2.26. The average molecular weight is 612 g/mol. The maximum atomic E-state index is 13.7. The van der Waals surface area contributed by atoms with Crippen LogP contribution in [-0.4, -0.2) is 82.8 Å². The van der Waals surface area contributed by atoms with Gasteiger partial charge in [-0.05, 0) is 42.5 Å². The van der Waals surface area contributed by atoms with E-state index in [4.69, 9.17) is 4.98 Å². The van der Waals surface area contributed by atoms with Crippen molar-refractivity contribution in [1.82, 2.24) is 25.8 Å². The fourth-order valence-electron chi connectivity index (χ4n) is 5.10. The van der Waals surface area contributed by atoms with Gasteiger partial charge in [-0.15, -0.1) is 11.3 Å². The summed E-state index contributed by atoms with van der Waals surface area (Å²) in [5.41, 5.74) is 3.25. The molecule has 4 atom stereocenters. The predicted molar refractivity (Wildman–Crippen MR) is 174 cm³/mol. The van der Waals surface area contributed by atoms with Crippen LogP contribution in [0.15, 0.2) is 48.5 Å². The number of hydrogen-bond donors (Lipinski definition) is 4. The van der Waals surface area contributed by atoms with Crippen LogP contribution in [0.4, 0.5) is 0 Å². The van der Waals surface area contributed by atoms with E-state index in [1.165, 1.54) is 5.56 Å². The van der Waals surface area contributed by atoms with E-state index in [-0.39, 0.29) is 23.8 Å². The zero-order chi connectivity index (χ0) is 29.9. The van der Waals surface area contributed by atoms with E-state index in [1.54, 1.807) is 11.3 Å². The normalized spacial score (nSPS) is 17.0. The molecule has 0 bridgehead atoms. The van der Waals surface area contributed by atoms with Gasteiger partial charge in [0.25, 0.3) is 0 Å². The Labute approximate surface area is 258 Å². The van der Waals surface area contributed by atoms with Crippen LogP contribution in [0.5, 0.6) is 0 Å². The highest BCUT2D eigenvalue weighted by atomic mass is 32.2. The third kappa shape index (κ3) is 9.77. The van der Waals surface area contributed by atoms with E-state index in [0.29, 0.717) is 25.8 Å². The van der Waals surface area contributed by atoms with Crippen LogP contribution in [-0.2, 0) is 28.9 Å². The van der Waals surface area contributed by atoms with Gasteiger partial charge in [0.05, 0.1) is 27.3 Å². The molecule has 4 rings (SSSR count). The standard InChI is InChI=1S/C32H45N5O3S2/c1-4-23-11-12-26-28(18-23)42-30(36-26)19-27(35-29(38)5-2)32(40)34-25(17-24-9-7-6-8-10-24)20-33-31(39)22(3)21-37-13-15-41-16-14-37/h6-12,18,22,25,27,29,35,38H,4-5,13-17,19-21H2,1-3H3,(H,33,39)(H,34,40)/t22?,25-,27-,29?/m0/s1. The predicted octanol–water partition coefficient (Wildman–Crippen LogP) is 3.62. The van der Waals surface area contributed by atoms with Gasteiger partial charge in [0, 0.05) is 50.0 Å². The minimum absolute atomic E-state index is 0.00228. The number of rotatable bonds is 15. The van der Waals surface area contributed by atoms with E-state index in [9.17, 15) is 14.7 Å². The van der Waals surface area contributed by atoms with Crippen molar-refractivity contribution in [2.45, 2.75) is 64.8 Å². The summed E-state index contributed by atoms with van der Waals surface area (Å²) in [6, 6.07) is 15.3. The number of benzene rings is 2. The Morgan fingerprint density at radius 1 is 1.02 bits per heavy atom. The Morgan fingerprint density at radius 2 is 1.79 bits per heavy atom. The lowest BCUT2D eigenvalue weighted by Crippen LogP contribution is -2.54. The maximum Gasteiger partial charge on any atom is 0.237 e. The Balaban J connectivity index is 1.44. The van der Waals surface area contributed by atoms with Crippen molar-refractivity contribution < 1.29 is 14.7 Å². The van der Waals surface area contributed by atoms with Crippen LogP contribution >= 0.6 is 23.1 Å². The third-order valence-corrected chi connectivity index (χ3v) is 9.64. The van der Waals surface area contributed by atoms with Crippen molar-refractivity contribution in [3.05, 3.63) is 64.7 Å². The molecule has 2 aromatic carbocycles. The van der Waals surface area contributed by atoms with Crippen molar-refractivity contribution >= 4 is 45.1 Å². The number of aliphatic hydroxyl groups is 1. The van der Waals surface area contributed by atoms with Crippen molar-refractivity contribution in [2.24, 2.45) is 5.92 Å². The molecule has 10 heteroatoms. The molecule has 1 aliphatic rings. The van der Waals surface area contributed by atoms with Gasteiger partial charge < -0.3 is 20.6 Å². The second-order valence-electron chi connectivity index (χ2n) is 11.1. The molecule has 8 nitrogen and oxygen atoms in total. The largest absolute Gasteiger partial charge is 0.379 e. The van der Waals surface area contributed by atoms with Crippen LogP contribution in [0.3, 0.4) is 0 Å². The van der Waals surface area contributed by atoms with Gasteiger partial charge >= 0.3 is 0 Å². The van der Waals surface area contributed by atoms with Crippen LogP contribution in [0, 0.1) is 5.92 Å². The molecule has 2 heterocycles. The number of fused-ring (bicyclic) bond motifs is 1. The SMILES string of the molecule is CCc1ccc2nc(C[C@H](NC(O)CC)C(=O)N[C@H](CNC(=O)C(C)CN3CCSCC3)Cc3ccccc3)sc2c1. The topological polar surface area (TPSA) is 107 Å². The number of carbonyl (C=O) groups excluding carboxylic acids is 2. The number of aromatic nitrogens is 1. The van der Waals surface area contributed by atoms with Gasteiger partial charge in [0.1, 0.15) is 6.23 Å². The van der Waals surface area contributed by atoms with Gasteiger partial charge in [0.15, 0.2) is 0 Å². The third-order valence-electron chi connectivity index (χ3n) is 7.66. The zero-order valence-electron chi connectivity index (χ0n) is 25.0. The number of thioether (sulfide) groups is 1. The van der Waals surface area contributed by atoms with Crippen molar-refractivity contribution in [1.29, 1.82) is 0 Å². The first-order chi connectivity index (χ1) is 20.3. The van der Waals surface area contributed by atoms with Gasteiger partial charge in [-0.2, -0.15) is 11.8 Å². The van der Waals surface area contributed by atoms with E-state index in [0.717, 1.165) is 58.3 Å². The lowest BCUT2D eigenvalue weighted by molar-refractivity contribution is -0.127. The summed E-state index contributed by atoms with van der Waals surface area (Å²) in [5.74, 6) is 1.86. The number of nitrogens with zero attached hydrogens (tertiary/aromatic N) is 2. The number of thiazole rings is 1. The summed E-state index contributed by atoms with van der Waals surface area (Å²) >= 11 is 3.54. The summed E-state index contributed by atoms with van der Waals surface area (Å²) in [5, 5.41) is 20.6. The number of amides is 2. The first kappa shape index (κ1) is 32.4. The molecule has 1 fully saturated rings. The monoisotopic (exact) mass is 611 g/mol. The van der Waals surface area contributed by atoms with E-state index < -0.39 is 12.3 Å². The Morgan fingerprint density at radius 3 is 2.50 bits per heavy atom. The van der Waals surface area contributed by atoms with Crippen LogP contribution < -0.4 is 16.0 Å². The highest BCUT2D eigenvalue weighted by Crippen LogP contribution is 2.25. The van der Waals surface area contributed by atoms with Crippen molar-refractivity contribution in [3.63, 3.8) is 0 Å². The lowest BCUT2D eigenvalue weighted by Gasteiger charge is -2.29. The Kier molecular flexibility index (Phi) is 12.6. The number of carbonyl (C=O) groups is 2. The first-order valence-electron chi connectivity index (χ1n) is 15.1. The summed E-state index contributed by atoms with van der Waals surface area (Å²) < 4.78 is 1.10. The smallest absolute Gasteiger partial charge is 0.237 e. The first-order valence-corrected chi connectivity index (χ1v) is 17.1. The molecule has 1 aliphatic heterocycles. The average Bonchev–Trinajstić information content (AvgIpc) is 3.41. The molecule has 0 aliphatic carbocycles. The number of aliphatic hydroxyl groups excluding tert-OH is 1. The molecular formula is C32H45N5O3S2. The highest BCUT2D eigenvalue weighted by molar-refractivity contribution is 7.99. The summed E-state index contributed by atoms with van der Waals surface area (Å²) in [6.07, 6.45) is 1.55. The molecule has 0 spiro atoms. The molecule has 42 heavy (non-hydrogen) atoms. The van der Waals surface area contributed by atoms with Crippen LogP contribution in [0.25, 0.3) is 10.2 Å².